The predicted molar refractivity (Wildman–Crippen MR) is 248 cm³/mol. The first-order chi connectivity index (χ1) is 30.8. The molecule has 5 atom stereocenters. The van der Waals surface area contributed by atoms with E-state index in [9.17, 15) is 27.6 Å². The van der Waals surface area contributed by atoms with Gasteiger partial charge in [0.1, 0.15) is 18.1 Å². The van der Waals surface area contributed by atoms with Gasteiger partial charge in [0.05, 0.1) is 46.5 Å². The highest BCUT2D eigenvalue weighted by Gasteiger charge is 2.55. The van der Waals surface area contributed by atoms with Crippen LogP contribution < -0.4 is 10.7 Å². The van der Waals surface area contributed by atoms with Gasteiger partial charge in [0.15, 0.2) is 0 Å². The number of sulfonamides is 1. The summed E-state index contributed by atoms with van der Waals surface area (Å²) in [5.74, 6) is -1.95. The molecule has 2 N–H and O–H groups in total. The van der Waals surface area contributed by atoms with E-state index < -0.39 is 56.8 Å². The molecule has 7 heterocycles. The third kappa shape index (κ3) is 9.08. The fourth-order valence-corrected chi connectivity index (χ4v) is 12.0. The Morgan fingerprint density at radius 2 is 1.88 bits per heavy atom. The maximum atomic E-state index is 14.6. The Morgan fingerprint density at radius 3 is 2.58 bits per heavy atom. The number of benzene rings is 1. The number of pyridine rings is 1. The van der Waals surface area contributed by atoms with Gasteiger partial charge in [0.25, 0.3) is 5.91 Å². The van der Waals surface area contributed by atoms with Crippen LogP contribution in [0.5, 0.6) is 0 Å². The summed E-state index contributed by atoms with van der Waals surface area (Å²) in [4.78, 5) is 68.7. The van der Waals surface area contributed by atoms with E-state index in [0.29, 0.717) is 56.7 Å². The molecule has 16 nitrogen and oxygen atoms in total. The monoisotopic (exact) mass is 930 g/mol. The topological polar surface area (TPSA) is 185 Å². The van der Waals surface area contributed by atoms with Crippen molar-refractivity contribution in [2.45, 2.75) is 111 Å². The normalized spacial score (nSPS) is 24.2. The molecule has 3 fully saturated rings. The molecule has 6 bridgehead atoms. The van der Waals surface area contributed by atoms with Crippen LogP contribution in [0.1, 0.15) is 89.6 Å². The summed E-state index contributed by atoms with van der Waals surface area (Å²) >= 11 is 1.40. The number of amides is 3. The van der Waals surface area contributed by atoms with Crippen LogP contribution in [0.15, 0.2) is 41.9 Å². The Bertz CT molecular complexity index is 2610. The van der Waals surface area contributed by atoms with E-state index in [-0.39, 0.29) is 44.0 Å². The van der Waals surface area contributed by atoms with Gasteiger partial charge in [-0.3, -0.25) is 29.2 Å². The fraction of sp³-hybridized carbons (Fsp3) is 0.574. The lowest BCUT2D eigenvalue weighted by atomic mass is 9.84. The van der Waals surface area contributed by atoms with E-state index in [1.165, 1.54) is 20.7 Å². The molecule has 0 saturated carbocycles. The Morgan fingerprint density at radius 1 is 1.11 bits per heavy atom. The fourth-order valence-electron chi connectivity index (χ4n) is 10.2. The van der Waals surface area contributed by atoms with Crippen LogP contribution in [0, 0.1) is 16.7 Å². The number of carbonyl (C=O) groups is 4. The maximum absolute atomic E-state index is 14.6. The number of hydrogen-bond donors (Lipinski definition) is 2. The van der Waals surface area contributed by atoms with E-state index in [1.807, 2.05) is 32.2 Å². The molecule has 2 unspecified atom stereocenters. The summed E-state index contributed by atoms with van der Waals surface area (Å²) in [5, 5.41) is 8.08. The number of hydrazine groups is 1. The van der Waals surface area contributed by atoms with Crippen LogP contribution in [-0.2, 0) is 58.1 Å². The first kappa shape index (κ1) is 46.8. The number of rotatable bonds is 9. The van der Waals surface area contributed by atoms with Crippen molar-refractivity contribution in [1.82, 2.24) is 39.5 Å². The zero-order chi connectivity index (χ0) is 46.6. The Hall–Kier alpha value is -4.75. The van der Waals surface area contributed by atoms with Gasteiger partial charge in [-0.25, -0.2) is 23.1 Å². The number of nitrogens with one attached hydrogen (secondary N) is 2. The molecular formula is C47H62N8O8S2. The largest absolute Gasteiger partial charge is 0.464 e. The van der Waals surface area contributed by atoms with Gasteiger partial charge < -0.3 is 24.3 Å². The summed E-state index contributed by atoms with van der Waals surface area (Å²) in [6, 6.07) is 7.57. The van der Waals surface area contributed by atoms with Crippen molar-refractivity contribution >= 4 is 56.0 Å². The Balaban J connectivity index is 1.17. The highest BCUT2D eigenvalue weighted by Crippen LogP contribution is 2.44. The lowest BCUT2D eigenvalue weighted by Crippen LogP contribution is -2.62. The SMILES string of the molecule is CCn1c(-c2cccnc2[C@H](C)OC)c2c3cc(ccc31)-c1csc(n1)C[C@H](NC(=O)C(C(C)C)N1CCC3(CCN(S(C)(=O)=O)C3)C1=O)C(=O)N1CCC[C@H](N1)C(=O)OCC(C)(C)C2. The van der Waals surface area contributed by atoms with Crippen LogP contribution >= 0.6 is 11.3 Å². The molecule has 0 radical (unpaired) electrons. The van der Waals surface area contributed by atoms with Crippen molar-refractivity contribution in [2.24, 2.45) is 16.7 Å². The quantitative estimate of drug-likeness (QED) is 0.213. The summed E-state index contributed by atoms with van der Waals surface area (Å²) in [5.41, 5.74) is 8.31. The molecule has 3 amide bonds. The molecule has 3 aromatic heterocycles. The van der Waals surface area contributed by atoms with Gasteiger partial charge >= 0.3 is 5.97 Å². The molecular weight excluding hydrogens is 869 g/mol. The average molecular weight is 931 g/mol. The van der Waals surface area contributed by atoms with E-state index >= 15 is 0 Å². The minimum absolute atomic E-state index is 0.0636. The number of esters is 1. The van der Waals surface area contributed by atoms with E-state index in [4.69, 9.17) is 19.4 Å². The second-order valence-electron chi connectivity index (χ2n) is 19.3. The summed E-state index contributed by atoms with van der Waals surface area (Å²) < 4.78 is 40.4. The lowest BCUT2D eigenvalue weighted by Gasteiger charge is -2.36. The van der Waals surface area contributed by atoms with Gasteiger partial charge in [0.2, 0.25) is 21.8 Å². The summed E-state index contributed by atoms with van der Waals surface area (Å²) in [7, 11) is -1.81. The van der Waals surface area contributed by atoms with Gasteiger partial charge in [-0.05, 0) is 81.7 Å². The molecule has 0 aliphatic carbocycles. The standard InChI is InChI=1S/C47H62N8O8S2/c1-9-53-37-15-14-30-22-32(37)33(41(53)31-12-10-18-48-39(31)29(4)62-7)24-46(5,6)27-63-44(58)34-13-11-19-55(51-34)43(57)35(23-38-49-36(30)25-64-38)50-42(56)40(28(2)3)54-21-17-47(45(54)59)16-20-52(26-47)65(8,60)61/h10,12,14-15,18,22,25,28-29,34-35,40,51H,9,11,13,16-17,19-21,23-24,26-27H2,1-8H3,(H,50,56)/t29-,34-,35-,40?,47?/m0/s1. The van der Waals surface area contributed by atoms with Crippen LogP contribution in [-0.4, -0.2) is 125 Å². The number of likely N-dealkylation sites (tertiary alicyclic amines) is 1. The maximum Gasteiger partial charge on any atom is 0.324 e. The second-order valence-corrected chi connectivity index (χ2v) is 22.3. The molecule has 1 spiro atoms. The predicted octanol–water partition coefficient (Wildman–Crippen LogP) is 5.11. The van der Waals surface area contributed by atoms with Gasteiger partial charge in [-0.15, -0.1) is 11.3 Å². The number of methoxy groups -OCH3 is 1. The molecule has 8 rings (SSSR count). The Labute approximate surface area is 385 Å². The minimum Gasteiger partial charge on any atom is -0.464 e. The number of fused-ring (bicyclic) bond motifs is 6. The van der Waals surface area contributed by atoms with Crippen molar-refractivity contribution in [1.29, 1.82) is 0 Å². The van der Waals surface area contributed by atoms with Crippen molar-refractivity contribution in [3.63, 3.8) is 0 Å². The molecule has 350 valence electrons. The van der Waals surface area contributed by atoms with Crippen LogP contribution in [0.4, 0.5) is 0 Å². The third-order valence-corrected chi connectivity index (χ3v) is 15.8. The number of hydrogen-bond acceptors (Lipinski definition) is 12. The van der Waals surface area contributed by atoms with Crippen molar-refractivity contribution in [3.8, 4) is 22.5 Å². The number of ether oxygens (including phenoxy) is 2. The Kier molecular flexibility index (Phi) is 13.1. The molecule has 3 saturated heterocycles. The highest BCUT2D eigenvalue weighted by molar-refractivity contribution is 7.88. The lowest BCUT2D eigenvalue weighted by molar-refractivity contribution is -0.155. The summed E-state index contributed by atoms with van der Waals surface area (Å²) in [6.45, 7) is 13.8. The number of aryl methyl sites for hydroxylation is 1. The summed E-state index contributed by atoms with van der Waals surface area (Å²) in [6.07, 6.45) is 5.11. The first-order valence-electron chi connectivity index (χ1n) is 22.7. The van der Waals surface area contributed by atoms with Gasteiger partial charge in [0, 0.05) is 85.3 Å². The van der Waals surface area contributed by atoms with Crippen LogP contribution in [0.25, 0.3) is 33.4 Å². The van der Waals surface area contributed by atoms with Gasteiger partial charge in [-0.2, -0.15) is 0 Å². The molecule has 4 aromatic rings. The van der Waals surface area contributed by atoms with Gasteiger partial charge in [-0.1, -0.05) is 33.8 Å². The van der Waals surface area contributed by atoms with Crippen molar-refractivity contribution in [3.05, 3.63) is 58.2 Å². The van der Waals surface area contributed by atoms with Crippen LogP contribution in [0.3, 0.4) is 0 Å². The van der Waals surface area contributed by atoms with E-state index in [0.717, 1.165) is 50.9 Å². The molecule has 4 aliphatic rings. The molecule has 18 heteroatoms. The number of carbonyl (C=O) groups excluding carboxylic acids is 4. The molecule has 65 heavy (non-hydrogen) atoms. The van der Waals surface area contributed by atoms with Crippen molar-refractivity contribution < 1.29 is 37.1 Å². The highest BCUT2D eigenvalue weighted by atomic mass is 32.2. The minimum atomic E-state index is -3.49. The molecule has 1 aromatic carbocycles. The van der Waals surface area contributed by atoms with Crippen molar-refractivity contribution in [2.75, 3.05) is 46.2 Å². The average Bonchev–Trinajstić information content (AvgIpc) is 4.07. The zero-order valence-electron chi connectivity index (χ0n) is 38.7. The number of aromatic nitrogens is 3. The third-order valence-electron chi connectivity index (χ3n) is 13.7. The van der Waals surface area contributed by atoms with Crippen LogP contribution in [0.2, 0.25) is 0 Å². The molecule has 4 aliphatic heterocycles. The zero-order valence-corrected chi connectivity index (χ0v) is 40.3. The smallest absolute Gasteiger partial charge is 0.324 e. The number of nitrogens with zero attached hydrogens (tertiary/aromatic N) is 6. The number of thiazole rings is 1. The van der Waals surface area contributed by atoms with E-state index in [1.54, 1.807) is 18.2 Å². The second kappa shape index (κ2) is 18.1. The van der Waals surface area contributed by atoms with E-state index in [2.05, 4.69) is 60.3 Å². The number of cyclic esters (lactones) is 1. The first-order valence-corrected chi connectivity index (χ1v) is 25.5.